The fourth-order valence-electron chi connectivity index (χ4n) is 2.51. The SMILES string of the molecule is Cc1ccc(S(=O)(=O)N[C@H]2CNCC[C@@H]2C)c(C)c1. The highest BCUT2D eigenvalue weighted by atomic mass is 32.2. The lowest BCUT2D eigenvalue weighted by atomic mass is 9.96. The van der Waals surface area contributed by atoms with Gasteiger partial charge in [-0.05, 0) is 44.4 Å². The number of hydrogen-bond acceptors (Lipinski definition) is 3. The van der Waals surface area contributed by atoms with Crippen LogP contribution in [-0.2, 0) is 10.0 Å². The molecule has 0 aromatic heterocycles. The van der Waals surface area contributed by atoms with Crippen LogP contribution in [0.4, 0.5) is 0 Å². The molecule has 1 saturated heterocycles. The molecule has 0 amide bonds. The number of piperidine rings is 1. The largest absolute Gasteiger partial charge is 0.315 e. The Morgan fingerprint density at radius 2 is 2.05 bits per heavy atom. The van der Waals surface area contributed by atoms with Crippen LogP contribution in [0.1, 0.15) is 24.5 Å². The zero-order valence-electron chi connectivity index (χ0n) is 11.7. The number of aryl methyl sites for hydroxylation is 2. The first-order valence-electron chi connectivity index (χ1n) is 6.70. The van der Waals surface area contributed by atoms with Crippen molar-refractivity contribution in [3.8, 4) is 0 Å². The second-order valence-electron chi connectivity index (χ2n) is 5.47. The fraction of sp³-hybridized carbons (Fsp3) is 0.571. The summed E-state index contributed by atoms with van der Waals surface area (Å²) in [6.45, 7) is 7.55. The first-order chi connectivity index (χ1) is 8.90. The van der Waals surface area contributed by atoms with E-state index in [2.05, 4.69) is 17.0 Å². The lowest BCUT2D eigenvalue weighted by Gasteiger charge is -2.30. The van der Waals surface area contributed by atoms with Gasteiger partial charge in [0.15, 0.2) is 0 Å². The molecule has 4 nitrogen and oxygen atoms in total. The number of sulfonamides is 1. The molecule has 1 heterocycles. The van der Waals surface area contributed by atoms with Gasteiger partial charge >= 0.3 is 0 Å². The molecule has 106 valence electrons. The van der Waals surface area contributed by atoms with E-state index in [1.807, 2.05) is 26.0 Å². The third-order valence-corrected chi connectivity index (χ3v) is 5.40. The van der Waals surface area contributed by atoms with Gasteiger partial charge in [-0.15, -0.1) is 0 Å². The molecular formula is C14H22N2O2S. The van der Waals surface area contributed by atoms with Crippen molar-refractivity contribution < 1.29 is 8.42 Å². The summed E-state index contributed by atoms with van der Waals surface area (Å²) in [7, 11) is -3.43. The maximum atomic E-state index is 12.4. The summed E-state index contributed by atoms with van der Waals surface area (Å²) in [5, 5.41) is 3.24. The number of hydrogen-bond donors (Lipinski definition) is 2. The Balaban J connectivity index is 2.22. The van der Waals surface area contributed by atoms with E-state index in [0.29, 0.717) is 17.4 Å². The molecule has 1 aromatic carbocycles. The first-order valence-corrected chi connectivity index (χ1v) is 8.19. The Bertz CT molecular complexity index is 555. The third kappa shape index (κ3) is 3.35. The van der Waals surface area contributed by atoms with E-state index in [-0.39, 0.29) is 6.04 Å². The monoisotopic (exact) mass is 282 g/mol. The van der Waals surface area contributed by atoms with Crippen molar-refractivity contribution in [1.29, 1.82) is 0 Å². The molecule has 0 unspecified atom stereocenters. The van der Waals surface area contributed by atoms with Gasteiger partial charge in [-0.1, -0.05) is 24.6 Å². The maximum absolute atomic E-state index is 12.4. The van der Waals surface area contributed by atoms with E-state index < -0.39 is 10.0 Å². The van der Waals surface area contributed by atoms with Gasteiger partial charge in [0.25, 0.3) is 0 Å². The van der Waals surface area contributed by atoms with E-state index in [1.54, 1.807) is 6.07 Å². The Morgan fingerprint density at radius 1 is 1.32 bits per heavy atom. The average molecular weight is 282 g/mol. The number of benzene rings is 1. The molecule has 1 fully saturated rings. The molecule has 0 bridgehead atoms. The van der Waals surface area contributed by atoms with Gasteiger partial charge in [0.05, 0.1) is 4.90 Å². The highest BCUT2D eigenvalue weighted by Gasteiger charge is 2.27. The summed E-state index contributed by atoms with van der Waals surface area (Å²) in [5.74, 6) is 0.363. The summed E-state index contributed by atoms with van der Waals surface area (Å²) >= 11 is 0. The van der Waals surface area contributed by atoms with Gasteiger partial charge < -0.3 is 5.32 Å². The number of rotatable bonds is 3. The smallest absolute Gasteiger partial charge is 0.241 e. The quantitative estimate of drug-likeness (QED) is 0.885. The Hall–Kier alpha value is -0.910. The lowest BCUT2D eigenvalue weighted by molar-refractivity contribution is 0.327. The second kappa shape index (κ2) is 5.61. The summed E-state index contributed by atoms with van der Waals surface area (Å²) in [5.41, 5.74) is 1.87. The van der Waals surface area contributed by atoms with Gasteiger partial charge in [-0.2, -0.15) is 0 Å². The predicted octanol–water partition coefficient (Wildman–Crippen LogP) is 1.58. The van der Waals surface area contributed by atoms with Gasteiger partial charge in [-0.3, -0.25) is 0 Å². The summed E-state index contributed by atoms with van der Waals surface area (Å²) in [4.78, 5) is 0.385. The molecule has 0 radical (unpaired) electrons. The van der Waals surface area contributed by atoms with Crippen LogP contribution in [0.2, 0.25) is 0 Å². The van der Waals surface area contributed by atoms with Crippen molar-refractivity contribution in [3.05, 3.63) is 29.3 Å². The molecule has 0 aliphatic carbocycles. The highest BCUT2D eigenvalue weighted by molar-refractivity contribution is 7.89. The predicted molar refractivity (Wildman–Crippen MR) is 76.7 cm³/mol. The molecule has 0 spiro atoms. The van der Waals surface area contributed by atoms with E-state index in [0.717, 1.165) is 24.1 Å². The molecule has 19 heavy (non-hydrogen) atoms. The van der Waals surface area contributed by atoms with E-state index >= 15 is 0 Å². The van der Waals surface area contributed by atoms with E-state index in [9.17, 15) is 8.42 Å². The summed E-state index contributed by atoms with van der Waals surface area (Å²) in [6.07, 6.45) is 1.00. The van der Waals surface area contributed by atoms with Crippen molar-refractivity contribution >= 4 is 10.0 Å². The minimum atomic E-state index is -3.43. The van der Waals surface area contributed by atoms with E-state index in [1.165, 1.54) is 0 Å². The van der Waals surface area contributed by atoms with Gasteiger partial charge in [0.1, 0.15) is 0 Å². The Morgan fingerprint density at radius 3 is 2.68 bits per heavy atom. The minimum Gasteiger partial charge on any atom is -0.315 e. The van der Waals surface area contributed by atoms with E-state index in [4.69, 9.17) is 0 Å². The molecule has 2 atom stereocenters. The Labute approximate surface area is 115 Å². The molecule has 5 heteroatoms. The standard InChI is InChI=1S/C14H22N2O2S/c1-10-4-5-14(12(3)8-10)19(17,18)16-13-9-15-7-6-11(13)2/h4-5,8,11,13,15-16H,6-7,9H2,1-3H3/t11-,13-/m0/s1. The second-order valence-corrected chi connectivity index (χ2v) is 7.15. The molecule has 0 saturated carbocycles. The minimum absolute atomic E-state index is 0.0283. The van der Waals surface area contributed by atoms with Crippen LogP contribution in [0.25, 0.3) is 0 Å². The maximum Gasteiger partial charge on any atom is 0.241 e. The lowest BCUT2D eigenvalue weighted by Crippen LogP contribution is -2.50. The van der Waals surface area contributed by atoms with Crippen molar-refractivity contribution in [2.24, 2.45) is 5.92 Å². The van der Waals surface area contributed by atoms with Crippen LogP contribution in [-0.4, -0.2) is 27.5 Å². The first kappa shape index (κ1) is 14.5. The third-order valence-electron chi connectivity index (χ3n) is 3.75. The summed E-state index contributed by atoms with van der Waals surface area (Å²) in [6, 6.07) is 5.40. The highest BCUT2D eigenvalue weighted by Crippen LogP contribution is 2.19. The van der Waals surface area contributed by atoms with Crippen molar-refractivity contribution in [2.75, 3.05) is 13.1 Å². The van der Waals surface area contributed by atoms with Gasteiger partial charge in [0, 0.05) is 12.6 Å². The Kier molecular flexibility index (Phi) is 4.28. The zero-order chi connectivity index (χ0) is 14.0. The molecule has 1 aliphatic heterocycles. The molecule has 2 rings (SSSR count). The normalized spacial score (nSPS) is 24.4. The van der Waals surface area contributed by atoms with Crippen LogP contribution >= 0.6 is 0 Å². The van der Waals surface area contributed by atoms with Crippen molar-refractivity contribution in [1.82, 2.24) is 10.0 Å². The molecule has 2 N–H and O–H groups in total. The number of nitrogens with one attached hydrogen (secondary N) is 2. The van der Waals surface area contributed by atoms with Crippen molar-refractivity contribution in [3.63, 3.8) is 0 Å². The van der Waals surface area contributed by atoms with Crippen LogP contribution in [0.5, 0.6) is 0 Å². The van der Waals surface area contributed by atoms with Crippen molar-refractivity contribution in [2.45, 2.75) is 38.1 Å². The molecule has 1 aliphatic rings. The van der Waals surface area contributed by atoms with Crippen LogP contribution < -0.4 is 10.0 Å². The molecule has 1 aromatic rings. The van der Waals surface area contributed by atoms with Crippen LogP contribution in [0, 0.1) is 19.8 Å². The van der Waals surface area contributed by atoms with Gasteiger partial charge in [0.2, 0.25) is 10.0 Å². The van der Waals surface area contributed by atoms with Crippen LogP contribution in [0.15, 0.2) is 23.1 Å². The fourth-order valence-corrected chi connectivity index (χ4v) is 4.08. The average Bonchev–Trinajstić information content (AvgIpc) is 2.31. The molecular weight excluding hydrogens is 260 g/mol. The topological polar surface area (TPSA) is 58.2 Å². The summed E-state index contributed by atoms with van der Waals surface area (Å²) < 4.78 is 27.7. The zero-order valence-corrected chi connectivity index (χ0v) is 12.5. The van der Waals surface area contributed by atoms with Gasteiger partial charge in [-0.25, -0.2) is 13.1 Å². The van der Waals surface area contributed by atoms with Crippen LogP contribution in [0.3, 0.4) is 0 Å².